The molecule has 0 unspecified atom stereocenters. The van der Waals surface area contributed by atoms with Crippen LogP contribution in [0.15, 0.2) is 29.9 Å². The van der Waals surface area contributed by atoms with Gasteiger partial charge in [-0.1, -0.05) is 6.07 Å². The van der Waals surface area contributed by atoms with Crippen LogP contribution < -0.4 is 0 Å². The summed E-state index contributed by atoms with van der Waals surface area (Å²) in [5, 5.41) is 2.80. The van der Waals surface area contributed by atoms with Gasteiger partial charge in [-0.05, 0) is 37.9 Å². The summed E-state index contributed by atoms with van der Waals surface area (Å²) in [6, 6.07) is 4.34. The van der Waals surface area contributed by atoms with Gasteiger partial charge < -0.3 is 4.74 Å². The number of rotatable bonds is 5. The van der Waals surface area contributed by atoms with Gasteiger partial charge in [-0.3, -0.25) is 9.88 Å². The maximum absolute atomic E-state index is 11.7. The fourth-order valence-electron chi connectivity index (χ4n) is 2.76. The van der Waals surface area contributed by atoms with Crippen molar-refractivity contribution in [2.24, 2.45) is 0 Å². The Balaban J connectivity index is 1.72. The number of carbonyl (C=O) groups excluding carboxylic acids is 1. The Morgan fingerprint density at radius 1 is 1.55 bits per heavy atom. The van der Waals surface area contributed by atoms with Crippen LogP contribution in [-0.2, 0) is 11.3 Å². The lowest BCUT2D eigenvalue weighted by Gasteiger charge is -2.22. The minimum absolute atomic E-state index is 0.286. The van der Waals surface area contributed by atoms with Gasteiger partial charge in [0.15, 0.2) is 5.69 Å². The van der Waals surface area contributed by atoms with Crippen molar-refractivity contribution < 1.29 is 9.53 Å². The lowest BCUT2D eigenvalue weighted by Crippen LogP contribution is -2.22. The van der Waals surface area contributed by atoms with E-state index in [1.807, 2.05) is 12.3 Å². The molecule has 1 atom stereocenters. The third kappa shape index (κ3) is 3.34. The van der Waals surface area contributed by atoms with Crippen LogP contribution in [0.3, 0.4) is 0 Å². The van der Waals surface area contributed by atoms with Crippen LogP contribution in [0.1, 0.15) is 46.9 Å². The number of esters is 1. The van der Waals surface area contributed by atoms with E-state index in [0.29, 0.717) is 12.3 Å². The van der Waals surface area contributed by atoms with Crippen LogP contribution in [0.2, 0.25) is 0 Å². The smallest absolute Gasteiger partial charge is 0.357 e. The van der Waals surface area contributed by atoms with Crippen molar-refractivity contribution >= 4 is 17.3 Å². The van der Waals surface area contributed by atoms with Gasteiger partial charge in [0.05, 0.1) is 12.6 Å². The summed E-state index contributed by atoms with van der Waals surface area (Å²) in [6.45, 7) is 4.10. The molecule has 1 aliphatic rings. The van der Waals surface area contributed by atoms with Gasteiger partial charge in [0, 0.05) is 24.3 Å². The molecule has 5 nitrogen and oxygen atoms in total. The van der Waals surface area contributed by atoms with Crippen molar-refractivity contribution in [3.63, 3.8) is 0 Å². The molecule has 0 spiro atoms. The number of aromatic nitrogens is 2. The molecule has 3 heterocycles. The molecule has 0 radical (unpaired) electrons. The highest BCUT2D eigenvalue weighted by Crippen LogP contribution is 2.34. The van der Waals surface area contributed by atoms with Gasteiger partial charge >= 0.3 is 5.97 Å². The zero-order valence-corrected chi connectivity index (χ0v) is 13.4. The van der Waals surface area contributed by atoms with Crippen molar-refractivity contribution in [3.8, 4) is 0 Å². The highest BCUT2D eigenvalue weighted by Gasteiger charge is 2.29. The summed E-state index contributed by atoms with van der Waals surface area (Å²) >= 11 is 1.55. The van der Waals surface area contributed by atoms with E-state index in [2.05, 4.69) is 20.9 Å². The number of hydrogen-bond donors (Lipinski definition) is 0. The molecule has 0 N–H and O–H groups in total. The first-order valence-corrected chi connectivity index (χ1v) is 8.41. The lowest BCUT2D eigenvalue weighted by atomic mass is 10.2. The molecular formula is C16H19N3O2S. The fraction of sp³-hybridized carbons (Fsp3) is 0.438. The zero-order chi connectivity index (χ0) is 15.4. The molecule has 0 aromatic carbocycles. The van der Waals surface area contributed by atoms with E-state index < -0.39 is 0 Å². The zero-order valence-electron chi connectivity index (χ0n) is 12.6. The molecule has 1 fully saturated rings. The highest BCUT2D eigenvalue weighted by molar-refractivity contribution is 7.09. The first-order chi connectivity index (χ1) is 10.8. The largest absolute Gasteiger partial charge is 0.461 e. The molecule has 2 aromatic heterocycles. The second kappa shape index (κ2) is 6.98. The third-order valence-corrected chi connectivity index (χ3v) is 4.71. The molecule has 1 saturated heterocycles. The van der Waals surface area contributed by atoms with E-state index in [-0.39, 0.29) is 12.0 Å². The predicted octanol–water partition coefficient (Wildman–Crippen LogP) is 3.05. The van der Waals surface area contributed by atoms with Crippen molar-refractivity contribution in [1.82, 2.24) is 14.9 Å². The molecule has 116 valence electrons. The van der Waals surface area contributed by atoms with E-state index in [1.54, 1.807) is 29.8 Å². The van der Waals surface area contributed by atoms with Gasteiger partial charge in [0.25, 0.3) is 0 Å². The Morgan fingerprint density at radius 2 is 2.45 bits per heavy atom. The molecular weight excluding hydrogens is 298 g/mol. The maximum atomic E-state index is 11.7. The van der Waals surface area contributed by atoms with E-state index in [4.69, 9.17) is 4.74 Å². The number of hydrogen-bond acceptors (Lipinski definition) is 6. The van der Waals surface area contributed by atoms with Crippen LogP contribution >= 0.6 is 11.3 Å². The summed E-state index contributed by atoms with van der Waals surface area (Å²) < 4.78 is 5.01. The van der Waals surface area contributed by atoms with Gasteiger partial charge in [-0.25, -0.2) is 9.78 Å². The number of nitrogens with zero attached hydrogens (tertiary/aromatic N) is 3. The monoisotopic (exact) mass is 317 g/mol. The van der Waals surface area contributed by atoms with Crippen molar-refractivity contribution in [2.45, 2.75) is 32.4 Å². The summed E-state index contributed by atoms with van der Waals surface area (Å²) in [6.07, 6.45) is 5.92. The van der Waals surface area contributed by atoms with Crippen LogP contribution in [-0.4, -0.2) is 34.0 Å². The number of likely N-dealkylation sites (tertiary alicyclic amines) is 1. The van der Waals surface area contributed by atoms with Crippen LogP contribution in [0.5, 0.6) is 0 Å². The van der Waals surface area contributed by atoms with Crippen molar-refractivity contribution in [2.75, 3.05) is 13.2 Å². The average Bonchev–Trinajstić information content (AvgIpc) is 3.17. The SMILES string of the molecule is CCOC(=O)c1csc([C@@H]2CCCN2Cc2cccnc2)n1. The molecule has 6 heteroatoms. The topological polar surface area (TPSA) is 55.3 Å². The van der Waals surface area contributed by atoms with Gasteiger partial charge in [-0.15, -0.1) is 11.3 Å². The molecule has 1 aliphatic heterocycles. The molecule has 2 aromatic rings. The molecule has 0 saturated carbocycles. The Morgan fingerprint density at radius 3 is 3.23 bits per heavy atom. The molecule has 22 heavy (non-hydrogen) atoms. The Labute approximate surface area is 134 Å². The standard InChI is InChI=1S/C16H19N3O2S/c1-2-21-16(20)13-11-22-15(18-13)14-6-4-8-19(14)10-12-5-3-7-17-9-12/h3,5,7,9,11,14H,2,4,6,8,10H2,1H3/t14-/m0/s1. The molecule has 0 aliphatic carbocycles. The first-order valence-electron chi connectivity index (χ1n) is 7.53. The van der Waals surface area contributed by atoms with Crippen molar-refractivity contribution in [1.29, 1.82) is 0 Å². The summed E-state index contributed by atoms with van der Waals surface area (Å²) in [4.78, 5) is 22.8. The normalized spacial score (nSPS) is 18.5. The van der Waals surface area contributed by atoms with Gasteiger partial charge in [0.1, 0.15) is 5.01 Å². The number of thiazole rings is 1. The molecule has 3 rings (SSSR count). The molecule has 0 bridgehead atoms. The summed E-state index contributed by atoms with van der Waals surface area (Å²) in [5.41, 5.74) is 1.63. The lowest BCUT2D eigenvalue weighted by molar-refractivity contribution is 0.0520. The van der Waals surface area contributed by atoms with E-state index >= 15 is 0 Å². The number of pyridine rings is 1. The fourth-order valence-corrected chi connectivity index (χ4v) is 3.72. The number of carbonyl (C=O) groups is 1. The Bertz CT molecular complexity index is 629. The second-order valence-corrected chi connectivity index (χ2v) is 6.17. The predicted molar refractivity (Wildman–Crippen MR) is 84.7 cm³/mol. The third-order valence-electron chi connectivity index (χ3n) is 3.76. The minimum atomic E-state index is -0.332. The first kappa shape index (κ1) is 15.1. The maximum Gasteiger partial charge on any atom is 0.357 e. The quantitative estimate of drug-likeness (QED) is 0.793. The Kier molecular flexibility index (Phi) is 4.80. The van der Waals surface area contributed by atoms with Crippen LogP contribution in [0, 0.1) is 0 Å². The summed E-state index contributed by atoms with van der Waals surface area (Å²) in [7, 11) is 0. The van der Waals surface area contributed by atoms with E-state index in [0.717, 1.165) is 30.9 Å². The molecule has 0 amide bonds. The van der Waals surface area contributed by atoms with Crippen LogP contribution in [0.25, 0.3) is 0 Å². The van der Waals surface area contributed by atoms with Crippen molar-refractivity contribution in [3.05, 3.63) is 46.2 Å². The summed E-state index contributed by atoms with van der Waals surface area (Å²) in [5.74, 6) is -0.332. The minimum Gasteiger partial charge on any atom is -0.461 e. The second-order valence-electron chi connectivity index (χ2n) is 5.28. The van der Waals surface area contributed by atoms with E-state index in [9.17, 15) is 4.79 Å². The average molecular weight is 317 g/mol. The Hall–Kier alpha value is -1.79. The van der Waals surface area contributed by atoms with E-state index in [1.165, 1.54) is 5.56 Å². The van der Waals surface area contributed by atoms with Crippen LogP contribution in [0.4, 0.5) is 0 Å². The van der Waals surface area contributed by atoms with Gasteiger partial charge in [0.2, 0.25) is 0 Å². The number of ether oxygens (including phenoxy) is 1. The van der Waals surface area contributed by atoms with Gasteiger partial charge in [-0.2, -0.15) is 0 Å². The highest BCUT2D eigenvalue weighted by atomic mass is 32.1.